The van der Waals surface area contributed by atoms with Gasteiger partial charge in [0.1, 0.15) is 0 Å². The topological polar surface area (TPSA) is 124 Å². The van der Waals surface area contributed by atoms with Crippen molar-refractivity contribution < 1.29 is 19.8 Å². The molecule has 0 amide bonds. The summed E-state index contributed by atoms with van der Waals surface area (Å²) < 4.78 is 0. The maximum atomic E-state index is 9.59. The molecule has 2 N–H and O–H groups in total. The molecule has 2 unspecified atom stereocenters. The first-order chi connectivity index (χ1) is 5.61. The Labute approximate surface area is 105 Å². The first-order valence-electron chi connectivity index (χ1n) is 3.49. The summed E-state index contributed by atoms with van der Waals surface area (Å²) in [6.07, 6.45) is 0. The third-order valence-corrected chi connectivity index (χ3v) is 1.39. The molecule has 2 rings (SSSR count). The third kappa shape index (κ3) is 6.23. The van der Waals surface area contributed by atoms with Crippen molar-refractivity contribution in [2.45, 2.75) is 12.1 Å². The van der Waals surface area contributed by atoms with Crippen LogP contribution in [0.1, 0.15) is 0 Å². The van der Waals surface area contributed by atoms with E-state index in [1.165, 1.54) is 0 Å². The van der Waals surface area contributed by atoms with Gasteiger partial charge in [-0.2, -0.15) is 0 Å². The van der Waals surface area contributed by atoms with Crippen molar-refractivity contribution in [3.05, 3.63) is 0 Å². The van der Waals surface area contributed by atoms with Crippen LogP contribution in [0.3, 0.4) is 0 Å². The second kappa shape index (κ2) is 5.77. The van der Waals surface area contributed by atoms with Gasteiger partial charge in [0.15, 0.2) is 0 Å². The SMILES string of the molecule is O=C([O-])C1CN1.O=C([O-])C1CN1.[Ca+2]. The van der Waals surface area contributed by atoms with Gasteiger partial charge in [-0.15, -0.1) is 0 Å². The van der Waals surface area contributed by atoms with Crippen molar-refractivity contribution in [2.75, 3.05) is 13.1 Å². The fraction of sp³-hybridized carbons (Fsp3) is 0.667. The van der Waals surface area contributed by atoms with E-state index in [9.17, 15) is 19.8 Å². The maximum absolute atomic E-state index is 9.59. The average Bonchev–Trinajstić information content (AvgIpc) is 2.85. The van der Waals surface area contributed by atoms with E-state index in [0.29, 0.717) is 13.1 Å². The molecular weight excluding hydrogens is 204 g/mol. The monoisotopic (exact) mass is 212 g/mol. The van der Waals surface area contributed by atoms with Crippen LogP contribution in [0.25, 0.3) is 0 Å². The van der Waals surface area contributed by atoms with Crippen molar-refractivity contribution >= 4 is 49.7 Å². The fourth-order valence-electron chi connectivity index (χ4n) is 0.451. The summed E-state index contributed by atoms with van der Waals surface area (Å²) in [5.74, 6) is -1.98. The van der Waals surface area contributed by atoms with Crippen molar-refractivity contribution in [3.8, 4) is 0 Å². The molecule has 68 valence electrons. The summed E-state index contributed by atoms with van der Waals surface area (Å²) in [7, 11) is 0. The van der Waals surface area contributed by atoms with Crippen molar-refractivity contribution in [1.29, 1.82) is 0 Å². The molecule has 0 aliphatic carbocycles. The Hall–Kier alpha value is 0.120. The van der Waals surface area contributed by atoms with Crippen LogP contribution in [0.5, 0.6) is 0 Å². The Balaban J connectivity index is 0.000000206. The smallest absolute Gasteiger partial charge is 0.548 e. The molecule has 0 bridgehead atoms. The number of aliphatic carboxylic acids is 2. The van der Waals surface area contributed by atoms with Gasteiger partial charge in [0, 0.05) is 13.1 Å². The summed E-state index contributed by atoms with van der Waals surface area (Å²) in [6, 6.07) is -0.685. The number of carboxylic acids is 2. The van der Waals surface area contributed by atoms with Crippen molar-refractivity contribution in [1.82, 2.24) is 10.6 Å². The van der Waals surface area contributed by atoms with Gasteiger partial charge in [0.25, 0.3) is 0 Å². The number of carbonyl (C=O) groups is 2. The Bertz CT molecular complexity index is 181. The zero-order valence-corrected chi connectivity index (χ0v) is 9.12. The van der Waals surface area contributed by atoms with E-state index in [-0.39, 0.29) is 49.8 Å². The average molecular weight is 212 g/mol. The van der Waals surface area contributed by atoms with Crippen LogP contribution < -0.4 is 20.8 Å². The van der Waals surface area contributed by atoms with E-state index in [4.69, 9.17) is 0 Å². The van der Waals surface area contributed by atoms with Crippen LogP contribution in [-0.4, -0.2) is 74.9 Å². The number of hydrogen-bond donors (Lipinski definition) is 2. The second-order valence-corrected chi connectivity index (χ2v) is 2.56. The minimum Gasteiger partial charge on any atom is -0.548 e. The first-order valence-corrected chi connectivity index (χ1v) is 3.49. The zero-order valence-electron chi connectivity index (χ0n) is 6.91. The van der Waals surface area contributed by atoms with E-state index in [1.54, 1.807) is 0 Å². The molecule has 13 heavy (non-hydrogen) atoms. The molecule has 2 atom stereocenters. The predicted octanol–water partition coefficient (Wildman–Crippen LogP) is -4.96. The largest absolute Gasteiger partial charge is 2.00 e. The third-order valence-electron chi connectivity index (χ3n) is 1.39. The Morgan fingerprint density at radius 1 is 1.00 bits per heavy atom. The van der Waals surface area contributed by atoms with Crippen LogP contribution in [0.2, 0.25) is 0 Å². The normalized spacial score (nSPS) is 27.4. The summed E-state index contributed by atoms with van der Waals surface area (Å²) in [5.41, 5.74) is 0. The molecule has 2 saturated heterocycles. The van der Waals surface area contributed by atoms with Gasteiger partial charge in [-0.25, -0.2) is 0 Å². The van der Waals surface area contributed by atoms with Gasteiger partial charge >= 0.3 is 37.7 Å². The summed E-state index contributed by atoms with van der Waals surface area (Å²) >= 11 is 0. The number of carboxylic acid groups (broad SMARTS) is 2. The molecule has 0 aromatic carbocycles. The minimum absolute atomic E-state index is 0. The van der Waals surface area contributed by atoms with Gasteiger partial charge < -0.3 is 30.4 Å². The summed E-state index contributed by atoms with van der Waals surface area (Å²) in [5, 5.41) is 24.3. The number of carbonyl (C=O) groups excluding carboxylic acids is 2. The first kappa shape index (κ1) is 13.1. The van der Waals surface area contributed by atoms with Crippen LogP contribution in [-0.2, 0) is 9.59 Å². The van der Waals surface area contributed by atoms with Crippen LogP contribution >= 0.6 is 0 Å². The van der Waals surface area contributed by atoms with Crippen LogP contribution in [0.15, 0.2) is 0 Å². The molecule has 0 spiro atoms. The van der Waals surface area contributed by atoms with Crippen LogP contribution in [0, 0.1) is 0 Å². The van der Waals surface area contributed by atoms with Gasteiger partial charge in [0.2, 0.25) is 0 Å². The van der Waals surface area contributed by atoms with E-state index in [0.717, 1.165) is 0 Å². The van der Waals surface area contributed by atoms with Gasteiger partial charge in [-0.1, -0.05) is 0 Å². The number of hydrogen-bond acceptors (Lipinski definition) is 6. The van der Waals surface area contributed by atoms with E-state index in [1.807, 2.05) is 0 Å². The molecule has 2 aliphatic rings. The van der Waals surface area contributed by atoms with Gasteiger partial charge in [-0.3, -0.25) is 0 Å². The molecule has 2 aliphatic heterocycles. The van der Waals surface area contributed by atoms with Gasteiger partial charge in [-0.05, 0) is 0 Å². The second-order valence-electron chi connectivity index (χ2n) is 2.56. The summed E-state index contributed by atoms with van der Waals surface area (Å²) in [4.78, 5) is 19.2. The quantitative estimate of drug-likeness (QED) is 0.349. The fourth-order valence-corrected chi connectivity index (χ4v) is 0.451. The molecule has 7 heteroatoms. The van der Waals surface area contributed by atoms with Crippen LogP contribution in [0.4, 0.5) is 0 Å². The minimum atomic E-state index is -0.991. The number of rotatable bonds is 2. The molecular formula is C6H8CaN2O4. The van der Waals surface area contributed by atoms with Crippen molar-refractivity contribution in [3.63, 3.8) is 0 Å². The van der Waals surface area contributed by atoms with E-state index in [2.05, 4.69) is 10.6 Å². The zero-order chi connectivity index (χ0) is 9.14. The standard InChI is InChI=1S/2C3H5NO2.Ca/c2*5-3(6)2-1-4-2;/h2*2,4H,1H2,(H,5,6);/q;;+2/p-2. The molecule has 0 radical (unpaired) electrons. The Morgan fingerprint density at radius 3 is 1.23 bits per heavy atom. The molecule has 0 saturated carbocycles. The summed E-state index contributed by atoms with van der Waals surface area (Å²) in [6.45, 7) is 1.17. The predicted molar refractivity (Wildman–Crippen MR) is 39.3 cm³/mol. The molecule has 6 nitrogen and oxygen atoms in total. The molecule has 2 fully saturated rings. The van der Waals surface area contributed by atoms with E-state index >= 15 is 0 Å². The molecule has 0 aromatic heterocycles. The van der Waals surface area contributed by atoms with Gasteiger partial charge in [0.05, 0.1) is 24.0 Å². The maximum Gasteiger partial charge on any atom is 2.00 e. The molecule has 2 heterocycles. The van der Waals surface area contributed by atoms with E-state index < -0.39 is 11.9 Å². The van der Waals surface area contributed by atoms with Crippen molar-refractivity contribution in [2.24, 2.45) is 0 Å². The Morgan fingerprint density at radius 2 is 1.23 bits per heavy atom. The Kier molecular flexibility index (Phi) is 5.82. The molecule has 0 aromatic rings. The number of nitrogens with one attached hydrogen (secondary N) is 2.